The van der Waals surface area contributed by atoms with Crippen molar-refractivity contribution in [1.29, 1.82) is 0 Å². The van der Waals surface area contributed by atoms with Gasteiger partial charge < -0.3 is 4.74 Å². The molecule has 108 valence electrons. The van der Waals surface area contributed by atoms with Crippen LogP contribution >= 0.6 is 0 Å². The molecule has 0 fully saturated rings. The summed E-state index contributed by atoms with van der Waals surface area (Å²) in [6.45, 7) is 1.93. The largest absolute Gasteiger partial charge is 0.490 e. The first kappa shape index (κ1) is 14.7. The molecule has 0 aliphatic heterocycles. The van der Waals surface area contributed by atoms with E-state index in [9.17, 15) is 14.9 Å². The second kappa shape index (κ2) is 6.17. The molecule has 0 radical (unpaired) electrons. The predicted molar refractivity (Wildman–Crippen MR) is 78.9 cm³/mol. The number of ether oxygens (including phenoxy) is 1. The van der Waals surface area contributed by atoms with Crippen LogP contribution in [0.5, 0.6) is 5.75 Å². The van der Waals surface area contributed by atoms with Crippen LogP contribution in [-0.2, 0) is 6.42 Å². The van der Waals surface area contributed by atoms with Crippen LogP contribution in [0.25, 0.3) is 0 Å². The SMILES string of the molecule is COc1ccc(C(=O)Cc2ccccc2C)cc1[N+](=O)[O-]. The zero-order valence-electron chi connectivity index (χ0n) is 11.8. The Kier molecular flexibility index (Phi) is 4.33. The number of nitro groups is 1. The highest BCUT2D eigenvalue weighted by molar-refractivity contribution is 5.98. The molecule has 0 heterocycles. The van der Waals surface area contributed by atoms with E-state index >= 15 is 0 Å². The molecule has 0 amide bonds. The molecule has 0 bridgehead atoms. The van der Waals surface area contributed by atoms with Gasteiger partial charge in [-0.1, -0.05) is 24.3 Å². The minimum absolute atomic E-state index is 0.146. The quantitative estimate of drug-likeness (QED) is 0.480. The van der Waals surface area contributed by atoms with Crippen molar-refractivity contribution in [2.24, 2.45) is 0 Å². The van der Waals surface area contributed by atoms with E-state index in [2.05, 4.69) is 0 Å². The summed E-state index contributed by atoms with van der Waals surface area (Å²) in [7, 11) is 1.36. The molecule has 0 spiro atoms. The van der Waals surface area contributed by atoms with Crippen molar-refractivity contribution in [3.63, 3.8) is 0 Å². The van der Waals surface area contributed by atoms with Crippen LogP contribution in [0.3, 0.4) is 0 Å². The summed E-state index contributed by atoms with van der Waals surface area (Å²) in [5.74, 6) is -0.0116. The minimum atomic E-state index is -0.552. The summed E-state index contributed by atoms with van der Waals surface area (Å²) in [5.41, 5.74) is 2.05. The molecule has 0 aliphatic rings. The molecule has 21 heavy (non-hydrogen) atoms. The van der Waals surface area contributed by atoms with E-state index < -0.39 is 4.92 Å². The number of nitro benzene ring substituents is 1. The van der Waals surface area contributed by atoms with Crippen LogP contribution in [0, 0.1) is 17.0 Å². The van der Waals surface area contributed by atoms with Gasteiger partial charge in [-0.3, -0.25) is 14.9 Å². The second-order valence-corrected chi connectivity index (χ2v) is 4.67. The molecule has 2 aromatic rings. The number of aryl methyl sites for hydroxylation is 1. The number of carbonyl (C=O) groups excluding carboxylic acids is 1. The maximum Gasteiger partial charge on any atom is 0.311 e. The summed E-state index contributed by atoms with van der Waals surface area (Å²) in [4.78, 5) is 22.7. The lowest BCUT2D eigenvalue weighted by Gasteiger charge is -2.06. The second-order valence-electron chi connectivity index (χ2n) is 4.67. The molecule has 2 aromatic carbocycles. The first-order valence-electron chi connectivity index (χ1n) is 6.43. The third-order valence-corrected chi connectivity index (χ3v) is 3.31. The molecule has 0 aliphatic carbocycles. The smallest absolute Gasteiger partial charge is 0.311 e. The maximum atomic E-state index is 12.3. The minimum Gasteiger partial charge on any atom is -0.490 e. The third kappa shape index (κ3) is 3.25. The molecular formula is C16H15NO4. The Labute approximate surface area is 122 Å². The normalized spacial score (nSPS) is 10.2. The first-order chi connectivity index (χ1) is 10.0. The topological polar surface area (TPSA) is 69.4 Å². The average molecular weight is 285 g/mol. The highest BCUT2D eigenvalue weighted by atomic mass is 16.6. The van der Waals surface area contributed by atoms with Gasteiger partial charge in [-0.05, 0) is 30.2 Å². The van der Waals surface area contributed by atoms with Gasteiger partial charge in [0.05, 0.1) is 12.0 Å². The molecule has 0 atom stereocenters. The van der Waals surface area contributed by atoms with Gasteiger partial charge in [0, 0.05) is 18.1 Å². The molecule has 0 unspecified atom stereocenters. The fourth-order valence-corrected chi connectivity index (χ4v) is 2.09. The van der Waals surface area contributed by atoms with Gasteiger partial charge >= 0.3 is 5.69 Å². The molecular weight excluding hydrogens is 270 g/mol. The van der Waals surface area contributed by atoms with Crippen LogP contribution in [0.2, 0.25) is 0 Å². The number of rotatable bonds is 5. The summed E-state index contributed by atoms with van der Waals surface area (Å²) < 4.78 is 4.93. The van der Waals surface area contributed by atoms with Gasteiger partial charge in [0.15, 0.2) is 11.5 Å². The Morgan fingerprint density at radius 3 is 2.57 bits per heavy atom. The number of hydrogen-bond donors (Lipinski definition) is 0. The van der Waals surface area contributed by atoms with Crippen molar-refractivity contribution in [1.82, 2.24) is 0 Å². The predicted octanol–water partition coefficient (Wildman–Crippen LogP) is 3.34. The van der Waals surface area contributed by atoms with Crippen LogP contribution in [0.15, 0.2) is 42.5 Å². The van der Waals surface area contributed by atoms with Crippen molar-refractivity contribution in [3.8, 4) is 5.75 Å². The van der Waals surface area contributed by atoms with Crippen molar-refractivity contribution in [3.05, 3.63) is 69.3 Å². The number of methoxy groups -OCH3 is 1. The Hall–Kier alpha value is -2.69. The monoisotopic (exact) mass is 285 g/mol. The van der Waals surface area contributed by atoms with E-state index in [0.29, 0.717) is 5.56 Å². The highest BCUT2D eigenvalue weighted by Gasteiger charge is 2.18. The van der Waals surface area contributed by atoms with Crippen molar-refractivity contribution in [2.45, 2.75) is 13.3 Å². The fourth-order valence-electron chi connectivity index (χ4n) is 2.09. The maximum absolute atomic E-state index is 12.3. The van der Waals surface area contributed by atoms with Gasteiger partial charge in [-0.2, -0.15) is 0 Å². The van der Waals surface area contributed by atoms with E-state index in [1.54, 1.807) is 6.07 Å². The van der Waals surface area contributed by atoms with Gasteiger partial charge in [-0.15, -0.1) is 0 Å². The lowest BCUT2D eigenvalue weighted by molar-refractivity contribution is -0.385. The van der Waals surface area contributed by atoms with Crippen molar-refractivity contribution in [2.75, 3.05) is 7.11 Å². The molecule has 0 aromatic heterocycles. The average Bonchev–Trinajstić information content (AvgIpc) is 2.48. The Morgan fingerprint density at radius 1 is 1.24 bits per heavy atom. The molecule has 2 rings (SSSR count). The van der Waals surface area contributed by atoms with Crippen LogP contribution < -0.4 is 4.74 Å². The van der Waals surface area contributed by atoms with E-state index in [-0.39, 0.29) is 23.6 Å². The Morgan fingerprint density at radius 2 is 1.95 bits per heavy atom. The lowest BCUT2D eigenvalue weighted by atomic mass is 9.99. The van der Waals surface area contributed by atoms with E-state index in [1.807, 2.05) is 31.2 Å². The van der Waals surface area contributed by atoms with E-state index in [0.717, 1.165) is 11.1 Å². The summed E-state index contributed by atoms with van der Waals surface area (Å²) in [6.07, 6.45) is 0.218. The van der Waals surface area contributed by atoms with Gasteiger partial charge in [-0.25, -0.2) is 0 Å². The van der Waals surface area contributed by atoms with Gasteiger partial charge in [0.2, 0.25) is 0 Å². The summed E-state index contributed by atoms with van der Waals surface area (Å²) in [5, 5.41) is 11.0. The van der Waals surface area contributed by atoms with Crippen molar-refractivity contribution >= 4 is 11.5 Å². The Balaban J connectivity index is 2.30. The summed E-state index contributed by atoms with van der Waals surface area (Å²) in [6, 6.07) is 11.8. The fraction of sp³-hybridized carbons (Fsp3) is 0.188. The number of ketones is 1. The lowest BCUT2D eigenvalue weighted by Crippen LogP contribution is -2.06. The van der Waals surface area contributed by atoms with Crippen LogP contribution in [-0.4, -0.2) is 17.8 Å². The molecule has 5 nitrogen and oxygen atoms in total. The summed E-state index contributed by atoms with van der Waals surface area (Å²) >= 11 is 0. The van der Waals surface area contributed by atoms with Crippen molar-refractivity contribution < 1.29 is 14.5 Å². The highest BCUT2D eigenvalue weighted by Crippen LogP contribution is 2.28. The zero-order chi connectivity index (χ0) is 15.4. The Bertz CT molecular complexity index is 694. The zero-order valence-corrected chi connectivity index (χ0v) is 11.8. The standard InChI is InChI=1S/C16H15NO4/c1-11-5-3-4-6-12(11)10-15(18)13-7-8-16(21-2)14(9-13)17(19)20/h3-9H,10H2,1-2H3. The first-order valence-corrected chi connectivity index (χ1v) is 6.43. The van der Waals surface area contributed by atoms with Crippen LogP contribution in [0.1, 0.15) is 21.5 Å². The molecule has 0 saturated heterocycles. The molecule has 0 saturated carbocycles. The number of hydrogen-bond acceptors (Lipinski definition) is 4. The number of nitrogens with zero attached hydrogens (tertiary/aromatic N) is 1. The number of Topliss-reactive ketones (excluding diaryl/α,β-unsaturated/α-hetero) is 1. The van der Waals surface area contributed by atoms with Crippen LogP contribution in [0.4, 0.5) is 5.69 Å². The van der Waals surface area contributed by atoms with Gasteiger partial charge in [0.1, 0.15) is 0 Å². The van der Waals surface area contributed by atoms with E-state index in [1.165, 1.54) is 19.2 Å². The number of benzene rings is 2. The molecule has 5 heteroatoms. The molecule has 0 N–H and O–H groups in total. The third-order valence-electron chi connectivity index (χ3n) is 3.31. The number of carbonyl (C=O) groups is 1. The van der Waals surface area contributed by atoms with E-state index in [4.69, 9.17) is 4.74 Å². The van der Waals surface area contributed by atoms with Gasteiger partial charge in [0.25, 0.3) is 0 Å².